The number of carbonyl (C=O) groups is 1. The van der Waals surface area contributed by atoms with Crippen molar-refractivity contribution in [2.45, 2.75) is 121 Å². The van der Waals surface area contributed by atoms with E-state index in [1.165, 1.54) is 0 Å². The van der Waals surface area contributed by atoms with E-state index in [0.717, 1.165) is 12.0 Å². The van der Waals surface area contributed by atoms with Crippen LogP contribution in [0.3, 0.4) is 0 Å². The lowest BCUT2D eigenvalue weighted by molar-refractivity contribution is -0.310. The van der Waals surface area contributed by atoms with E-state index in [2.05, 4.69) is 65.6 Å². The fourth-order valence-electron chi connectivity index (χ4n) is 5.34. The van der Waals surface area contributed by atoms with Gasteiger partial charge in [-0.25, -0.2) is 0 Å². The predicted octanol–water partition coefficient (Wildman–Crippen LogP) is 7.19. The van der Waals surface area contributed by atoms with Crippen LogP contribution in [0.5, 0.6) is 0 Å². The minimum absolute atomic E-state index is 0.00436. The van der Waals surface area contributed by atoms with Crippen molar-refractivity contribution >= 4 is 25.9 Å². The van der Waals surface area contributed by atoms with E-state index in [-0.39, 0.29) is 53.0 Å². The first-order valence-electron chi connectivity index (χ1n) is 14.9. The number of hydrogen-bond donors (Lipinski definition) is 0. The number of rotatable bonds is 6. The number of carbonyl (C=O) groups excluding carboxylic acids is 1. The Labute approximate surface area is 254 Å². The smallest absolute Gasteiger partial charge is 0.311 e. The molecule has 230 valence electrons. The molecule has 2 bridgehead atoms. The summed E-state index contributed by atoms with van der Waals surface area (Å²) in [5.41, 5.74) is 1.08. The van der Waals surface area contributed by atoms with Gasteiger partial charge in [-0.2, -0.15) is 0 Å². The Morgan fingerprint density at radius 1 is 1.17 bits per heavy atom. The average molecular weight is 607 g/mol. The van der Waals surface area contributed by atoms with Gasteiger partial charge < -0.3 is 23.4 Å². The molecule has 2 fully saturated rings. The molecule has 8 heteroatoms. The van der Waals surface area contributed by atoms with Gasteiger partial charge in [0.05, 0.1) is 24.7 Å². The van der Waals surface area contributed by atoms with Crippen molar-refractivity contribution in [3.05, 3.63) is 36.0 Å². The highest BCUT2D eigenvalue weighted by Gasteiger charge is 2.52. The zero-order chi connectivity index (χ0) is 30.6. The fourth-order valence-corrected chi connectivity index (χ4v) is 7.01. The second kappa shape index (κ2) is 13.9. The van der Waals surface area contributed by atoms with E-state index in [9.17, 15) is 4.79 Å². The van der Waals surface area contributed by atoms with Crippen molar-refractivity contribution in [3.63, 3.8) is 0 Å². The molecule has 0 aromatic heterocycles. The lowest BCUT2D eigenvalue weighted by atomic mass is 9.80. The molecule has 1 saturated heterocycles. The van der Waals surface area contributed by atoms with Gasteiger partial charge in [-0.3, -0.25) is 4.79 Å². The van der Waals surface area contributed by atoms with Crippen LogP contribution in [0.1, 0.15) is 67.2 Å². The van der Waals surface area contributed by atoms with Gasteiger partial charge in [0, 0.05) is 50.2 Å². The normalized spacial score (nSPS) is 38.3. The minimum Gasteiger partial charge on any atom is -0.458 e. The van der Waals surface area contributed by atoms with Crippen molar-refractivity contribution in [1.29, 1.82) is 0 Å². The topological polar surface area (TPSA) is 63.2 Å². The molecule has 0 N–H and O–H groups in total. The first-order valence-corrected chi connectivity index (χ1v) is 18.2. The van der Waals surface area contributed by atoms with Crippen LogP contribution in [0.4, 0.5) is 0 Å². The second-order valence-corrected chi connectivity index (χ2v) is 18.9. The van der Waals surface area contributed by atoms with Crippen molar-refractivity contribution in [2.24, 2.45) is 17.8 Å². The molecule has 0 amide bonds. The number of methoxy groups -OCH3 is 2. The number of ether oxygens (including phenoxy) is 4. The summed E-state index contributed by atoms with van der Waals surface area (Å²) in [5.74, 6) is 5.02. The third-order valence-corrected chi connectivity index (χ3v) is 14.2. The lowest BCUT2D eigenvalue weighted by Gasteiger charge is -2.52. The number of esters is 1. The van der Waals surface area contributed by atoms with Gasteiger partial charge in [0.15, 0.2) is 14.1 Å². The molecule has 2 heterocycles. The fraction of sp³-hybridized carbons (Fsp3) is 0.727. The van der Waals surface area contributed by atoms with E-state index in [1.54, 1.807) is 20.3 Å². The summed E-state index contributed by atoms with van der Waals surface area (Å²) in [4.78, 5) is 13.4. The van der Waals surface area contributed by atoms with Gasteiger partial charge in [-0.1, -0.05) is 70.3 Å². The Morgan fingerprint density at radius 2 is 1.85 bits per heavy atom. The molecule has 2 aliphatic heterocycles. The van der Waals surface area contributed by atoms with Crippen LogP contribution in [-0.2, 0) is 28.2 Å². The van der Waals surface area contributed by atoms with E-state index in [1.807, 2.05) is 25.2 Å². The SMILES string of the molecule is CO[C@@H]1/C=C(\C)C[C@H](/C=C/C=C/C#C[C@@H]2C[C@H]2Cl)OC(=O)C[C@]2(OC)C[C@H](O[Si](C)(C)C(C)(C)C)[C@@H](C)[C@@H](O2)[C@@H]1C. The molecule has 0 spiro atoms. The van der Waals surface area contributed by atoms with E-state index >= 15 is 0 Å². The van der Waals surface area contributed by atoms with Gasteiger partial charge in [0.1, 0.15) is 6.10 Å². The zero-order valence-electron chi connectivity index (χ0n) is 26.7. The van der Waals surface area contributed by atoms with Crippen molar-refractivity contribution in [1.82, 2.24) is 0 Å². The monoisotopic (exact) mass is 606 g/mol. The highest BCUT2D eigenvalue weighted by atomic mass is 35.5. The quantitative estimate of drug-likeness (QED) is 0.0796. The Balaban J connectivity index is 1.91. The standard InChI is InChI=1S/C33H51ClO6Si/c1-22-17-26(16-14-12-11-13-15-25-19-27(25)34)38-30(35)21-33(37-8)20-29(40-41(9,10)32(4,5)6)24(3)31(39-33)23(2)28(18-22)36-7/h11-12,14,16,18,23-29,31H,17,19-21H2,1-10H3/b12-11+,16-14+,22-18+/t23-,24-,25-,26+,27-,28-,29+,31+,33+/m1/s1. The summed E-state index contributed by atoms with van der Waals surface area (Å²) in [6, 6.07) is 0. The molecule has 0 unspecified atom stereocenters. The summed E-state index contributed by atoms with van der Waals surface area (Å²) in [6.45, 7) is 17.6. The van der Waals surface area contributed by atoms with Gasteiger partial charge in [-0.15, -0.1) is 11.6 Å². The maximum Gasteiger partial charge on any atom is 0.311 e. The van der Waals surface area contributed by atoms with Crippen LogP contribution in [0.2, 0.25) is 18.1 Å². The molecule has 1 aliphatic carbocycles. The van der Waals surface area contributed by atoms with Gasteiger partial charge >= 0.3 is 5.97 Å². The Bertz CT molecular complexity index is 1070. The summed E-state index contributed by atoms with van der Waals surface area (Å²) in [5, 5.41) is 0.229. The Kier molecular flexibility index (Phi) is 11.6. The largest absolute Gasteiger partial charge is 0.458 e. The summed E-state index contributed by atoms with van der Waals surface area (Å²) in [7, 11) is 1.22. The molecular formula is C33H51ClO6Si. The molecule has 3 aliphatic rings. The number of halogens is 1. The number of hydrogen-bond acceptors (Lipinski definition) is 6. The number of fused-ring (bicyclic) bond motifs is 2. The third kappa shape index (κ3) is 9.05. The molecule has 9 atom stereocenters. The van der Waals surface area contributed by atoms with Crippen LogP contribution in [0.25, 0.3) is 0 Å². The third-order valence-electron chi connectivity index (χ3n) is 9.17. The van der Waals surface area contributed by atoms with Crippen LogP contribution in [-0.4, -0.2) is 64.1 Å². The van der Waals surface area contributed by atoms with Crippen LogP contribution in [0.15, 0.2) is 36.0 Å². The molecule has 0 aromatic carbocycles. The van der Waals surface area contributed by atoms with E-state index in [0.29, 0.717) is 18.8 Å². The Morgan fingerprint density at radius 3 is 2.44 bits per heavy atom. The molecule has 0 radical (unpaired) electrons. The van der Waals surface area contributed by atoms with Gasteiger partial charge in [0.25, 0.3) is 0 Å². The van der Waals surface area contributed by atoms with Crippen LogP contribution >= 0.6 is 11.6 Å². The molecule has 41 heavy (non-hydrogen) atoms. The van der Waals surface area contributed by atoms with Crippen LogP contribution < -0.4 is 0 Å². The number of cyclic esters (lactones) is 1. The predicted molar refractivity (Wildman–Crippen MR) is 167 cm³/mol. The van der Waals surface area contributed by atoms with E-state index in [4.69, 9.17) is 35.0 Å². The first-order chi connectivity index (χ1) is 19.1. The maximum absolute atomic E-state index is 13.4. The number of alkyl halides is 1. The molecule has 0 aromatic rings. The first kappa shape index (κ1) is 34.1. The van der Waals surface area contributed by atoms with Crippen molar-refractivity contribution < 1.29 is 28.2 Å². The highest BCUT2D eigenvalue weighted by Crippen LogP contribution is 2.45. The molecule has 1 saturated carbocycles. The van der Waals surface area contributed by atoms with Gasteiger partial charge in [-0.05, 0) is 43.6 Å². The Hall–Kier alpha value is -1.40. The summed E-state index contributed by atoms with van der Waals surface area (Å²) < 4.78 is 31.8. The molecule has 6 nitrogen and oxygen atoms in total. The van der Waals surface area contributed by atoms with Crippen molar-refractivity contribution in [2.75, 3.05) is 14.2 Å². The highest BCUT2D eigenvalue weighted by molar-refractivity contribution is 6.74. The summed E-state index contributed by atoms with van der Waals surface area (Å²) >= 11 is 6.01. The van der Waals surface area contributed by atoms with E-state index < -0.39 is 20.2 Å². The molecule has 3 rings (SSSR count). The average Bonchev–Trinajstić information content (AvgIpc) is 3.59. The van der Waals surface area contributed by atoms with Crippen LogP contribution in [0, 0.1) is 29.6 Å². The van der Waals surface area contributed by atoms with Gasteiger partial charge in [0.2, 0.25) is 0 Å². The van der Waals surface area contributed by atoms with Crippen molar-refractivity contribution in [3.8, 4) is 11.8 Å². The second-order valence-electron chi connectivity index (χ2n) is 13.5. The maximum atomic E-state index is 13.4. The lowest BCUT2D eigenvalue weighted by Crippen LogP contribution is -2.59. The summed E-state index contributed by atoms with van der Waals surface area (Å²) in [6.07, 6.45) is 10.5. The molecular weight excluding hydrogens is 556 g/mol. The zero-order valence-corrected chi connectivity index (χ0v) is 28.4. The minimum atomic E-state index is -2.12. The number of allylic oxidation sites excluding steroid dienone is 3.